The van der Waals surface area contributed by atoms with E-state index in [1.807, 2.05) is 20.8 Å². The van der Waals surface area contributed by atoms with Gasteiger partial charge in [0.25, 0.3) is 5.56 Å². The molecule has 1 heterocycles. The van der Waals surface area contributed by atoms with Crippen LogP contribution in [0.5, 0.6) is 0 Å². The zero-order valence-corrected chi connectivity index (χ0v) is 12.3. The van der Waals surface area contributed by atoms with Gasteiger partial charge in [0.1, 0.15) is 12.4 Å². The van der Waals surface area contributed by atoms with E-state index in [0.717, 1.165) is 6.07 Å². The molecule has 112 valence electrons. The summed E-state index contributed by atoms with van der Waals surface area (Å²) in [6.07, 6.45) is 1.31. The number of amides is 1. The number of benzene rings is 1. The Balaban J connectivity index is 2.25. The number of halogens is 1. The lowest BCUT2D eigenvalue weighted by Crippen LogP contribution is -2.39. The molecule has 1 atom stereocenters. The number of aromatic nitrogens is 2. The van der Waals surface area contributed by atoms with Crippen LogP contribution >= 0.6 is 0 Å². The van der Waals surface area contributed by atoms with E-state index in [2.05, 4.69) is 10.3 Å². The smallest absolute Gasteiger partial charge is 0.261 e. The molecule has 1 aromatic heterocycles. The molecule has 0 saturated heterocycles. The van der Waals surface area contributed by atoms with Crippen molar-refractivity contribution >= 4 is 16.8 Å². The first-order valence-corrected chi connectivity index (χ1v) is 6.82. The summed E-state index contributed by atoms with van der Waals surface area (Å²) in [6.45, 7) is 5.77. The molecule has 0 aliphatic carbocycles. The van der Waals surface area contributed by atoms with E-state index >= 15 is 0 Å². The van der Waals surface area contributed by atoms with Crippen molar-refractivity contribution in [3.63, 3.8) is 0 Å². The fourth-order valence-electron chi connectivity index (χ4n) is 1.86. The van der Waals surface area contributed by atoms with Gasteiger partial charge < -0.3 is 5.32 Å². The van der Waals surface area contributed by atoms with Crippen LogP contribution in [0, 0.1) is 11.7 Å². The highest BCUT2D eigenvalue weighted by Gasteiger charge is 2.13. The molecular formula is C15H18FN3O2. The molecule has 2 rings (SSSR count). The summed E-state index contributed by atoms with van der Waals surface area (Å²) < 4.78 is 14.4. The van der Waals surface area contributed by atoms with Crippen molar-refractivity contribution in [3.05, 3.63) is 40.7 Å². The Bertz CT molecular complexity index is 724. The Morgan fingerprint density at radius 1 is 1.38 bits per heavy atom. The zero-order chi connectivity index (χ0) is 15.6. The molecule has 0 radical (unpaired) electrons. The Hall–Kier alpha value is -2.24. The van der Waals surface area contributed by atoms with Gasteiger partial charge in [-0.25, -0.2) is 9.37 Å². The van der Waals surface area contributed by atoms with E-state index in [1.54, 1.807) is 0 Å². The van der Waals surface area contributed by atoms with Gasteiger partial charge in [-0.1, -0.05) is 13.8 Å². The van der Waals surface area contributed by atoms with Crippen molar-refractivity contribution in [2.24, 2.45) is 5.92 Å². The Morgan fingerprint density at radius 3 is 2.76 bits per heavy atom. The van der Waals surface area contributed by atoms with Gasteiger partial charge in [0.2, 0.25) is 5.91 Å². The molecule has 2 aromatic rings. The van der Waals surface area contributed by atoms with E-state index in [-0.39, 0.29) is 23.9 Å². The minimum atomic E-state index is -0.503. The molecule has 5 nitrogen and oxygen atoms in total. The van der Waals surface area contributed by atoms with Crippen LogP contribution in [0.15, 0.2) is 29.3 Å². The third-order valence-corrected chi connectivity index (χ3v) is 3.49. The monoisotopic (exact) mass is 291 g/mol. The summed E-state index contributed by atoms with van der Waals surface area (Å²) in [6, 6.07) is 3.84. The van der Waals surface area contributed by atoms with Crippen LogP contribution in [0.4, 0.5) is 4.39 Å². The van der Waals surface area contributed by atoms with E-state index in [0.29, 0.717) is 11.4 Å². The Morgan fingerprint density at radius 2 is 2.10 bits per heavy atom. The number of carbonyl (C=O) groups excluding carboxylic acids is 1. The number of fused-ring (bicyclic) bond motifs is 1. The van der Waals surface area contributed by atoms with Crippen molar-refractivity contribution in [3.8, 4) is 0 Å². The lowest BCUT2D eigenvalue weighted by atomic mass is 10.1. The summed E-state index contributed by atoms with van der Waals surface area (Å²) in [4.78, 5) is 28.2. The summed E-state index contributed by atoms with van der Waals surface area (Å²) in [5.41, 5.74) is -0.0135. The average Bonchev–Trinajstić information content (AvgIpc) is 2.42. The topological polar surface area (TPSA) is 64.0 Å². The van der Waals surface area contributed by atoms with Gasteiger partial charge in [0.15, 0.2) is 0 Å². The predicted octanol–water partition coefficient (Wildman–Crippen LogP) is 1.70. The third kappa shape index (κ3) is 3.45. The quantitative estimate of drug-likeness (QED) is 0.932. The van der Waals surface area contributed by atoms with Gasteiger partial charge >= 0.3 is 0 Å². The van der Waals surface area contributed by atoms with Crippen LogP contribution in [0.2, 0.25) is 0 Å². The summed E-state index contributed by atoms with van der Waals surface area (Å²) in [5.74, 6) is -0.470. The lowest BCUT2D eigenvalue weighted by Gasteiger charge is -2.17. The fourth-order valence-corrected chi connectivity index (χ4v) is 1.86. The first kappa shape index (κ1) is 15.2. The predicted molar refractivity (Wildman–Crippen MR) is 78.4 cm³/mol. The molecule has 0 saturated carbocycles. The van der Waals surface area contributed by atoms with Crippen molar-refractivity contribution in [2.45, 2.75) is 33.4 Å². The molecule has 0 spiro atoms. The maximum atomic E-state index is 13.2. The van der Waals surface area contributed by atoms with Crippen LogP contribution in [-0.4, -0.2) is 21.5 Å². The average molecular weight is 291 g/mol. The molecule has 1 N–H and O–H groups in total. The number of carbonyl (C=O) groups is 1. The molecule has 1 aromatic carbocycles. The Kier molecular flexibility index (Phi) is 4.35. The number of rotatable bonds is 4. The van der Waals surface area contributed by atoms with Crippen molar-refractivity contribution < 1.29 is 9.18 Å². The molecule has 6 heteroatoms. The van der Waals surface area contributed by atoms with E-state index in [4.69, 9.17) is 0 Å². The standard InChI is InChI=1S/C15H18FN3O2/c1-9(2)10(3)18-14(20)7-19-8-17-13-5-4-11(16)6-12(13)15(19)21/h4-6,8-10H,7H2,1-3H3,(H,18,20). The van der Waals surface area contributed by atoms with Crippen molar-refractivity contribution in [2.75, 3.05) is 0 Å². The molecule has 21 heavy (non-hydrogen) atoms. The van der Waals surface area contributed by atoms with Crippen LogP contribution in [0.25, 0.3) is 10.9 Å². The van der Waals surface area contributed by atoms with Crippen molar-refractivity contribution in [1.82, 2.24) is 14.9 Å². The second kappa shape index (κ2) is 6.03. The van der Waals surface area contributed by atoms with Crippen LogP contribution in [0.3, 0.4) is 0 Å². The molecular weight excluding hydrogens is 273 g/mol. The first-order valence-electron chi connectivity index (χ1n) is 6.82. The molecule has 0 aliphatic heterocycles. The van der Waals surface area contributed by atoms with E-state index < -0.39 is 11.4 Å². The maximum Gasteiger partial charge on any atom is 0.261 e. The van der Waals surface area contributed by atoms with Crippen LogP contribution in [-0.2, 0) is 11.3 Å². The fraction of sp³-hybridized carbons (Fsp3) is 0.400. The van der Waals surface area contributed by atoms with Crippen molar-refractivity contribution in [1.29, 1.82) is 0 Å². The Labute approximate surface area is 121 Å². The zero-order valence-electron chi connectivity index (χ0n) is 12.3. The van der Waals surface area contributed by atoms with Gasteiger partial charge in [0.05, 0.1) is 17.2 Å². The number of nitrogens with zero attached hydrogens (tertiary/aromatic N) is 2. The summed E-state index contributed by atoms with van der Waals surface area (Å²) >= 11 is 0. The first-order chi connectivity index (χ1) is 9.88. The summed E-state index contributed by atoms with van der Waals surface area (Å²) in [5, 5.41) is 2.98. The maximum absolute atomic E-state index is 13.2. The number of hydrogen-bond acceptors (Lipinski definition) is 3. The lowest BCUT2D eigenvalue weighted by molar-refractivity contribution is -0.122. The van der Waals surface area contributed by atoms with Crippen LogP contribution in [0.1, 0.15) is 20.8 Å². The molecule has 0 fully saturated rings. The highest BCUT2D eigenvalue weighted by Crippen LogP contribution is 2.08. The number of nitrogens with one attached hydrogen (secondary N) is 1. The highest BCUT2D eigenvalue weighted by atomic mass is 19.1. The molecule has 0 bridgehead atoms. The van der Waals surface area contributed by atoms with Gasteiger partial charge in [-0.05, 0) is 31.0 Å². The highest BCUT2D eigenvalue weighted by molar-refractivity contribution is 5.79. The minimum Gasteiger partial charge on any atom is -0.352 e. The minimum absolute atomic E-state index is 0.0130. The second-order valence-electron chi connectivity index (χ2n) is 5.44. The van der Waals surface area contributed by atoms with Gasteiger partial charge in [0, 0.05) is 6.04 Å². The summed E-state index contributed by atoms with van der Waals surface area (Å²) in [7, 11) is 0. The molecule has 1 amide bonds. The van der Waals surface area contributed by atoms with Gasteiger partial charge in [-0.2, -0.15) is 0 Å². The van der Waals surface area contributed by atoms with Gasteiger partial charge in [-0.3, -0.25) is 14.2 Å². The normalized spacial score (nSPS) is 12.6. The molecule has 1 unspecified atom stereocenters. The van der Waals surface area contributed by atoms with Crippen LogP contribution < -0.4 is 10.9 Å². The van der Waals surface area contributed by atoms with E-state index in [9.17, 15) is 14.0 Å². The third-order valence-electron chi connectivity index (χ3n) is 3.49. The SMILES string of the molecule is CC(C)C(C)NC(=O)Cn1cnc2ccc(F)cc2c1=O. The largest absolute Gasteiger partial charge is 0.352 e. The second-order valence-corrected chi connectivity index (χ2v) is 5.44. The van der Waals surface area contributed by atoms with E-state index in [1.165, 1.54) is 23.0 Å². The number of hydrogen-bond donors (Lipinski definition) is 1. The van der Waals surface area contributed by atoms with Gasteiger partial charge in [-0.15, -0.1) is 0 Å². The molecule has 0 aliphatic rings.